The Morgan fingerprint density at radius 1 is 1.30 bits per heavy atom. The lowest BCUT2D eigenvalue weighted by Crippen LogP contribution is -2.50. The maximum Gasteiger partial charge on any atom is 0.308 e. The van der Waals surface area contributed by atoms with Crippen molar-refractivity contribution in [1.82, 2.24) is 4.90 Å². The van der Waals surface area contributed by atoms with Gasteiger partial charge >= 0.3 is 5.97 Å². The van der Waals surface area contributed by atoms with E-state index in [-0.39, 0.29) is 4.90 Å². The van der Waals surface area contributed by atoms with Gasteiger partial charge in [0.2, 0.25) is 5.91 Å². The van der Waals surface area contributed by atoms with Crippen LogP contribution < -0.4 is 0 Å². The Hall–Kier alpha value is -1.60. The number of likely N-dealkylation sites (tertiary alicyclic amines) is 1. The van der Waals surface area contributed by atoms with Gasteiger partial charge in [-0.2, -0.15) is 0 Å². The number of benzene rings is 1. The number of carboxylic acids is 1. The van der Waals surface area contributed by atoms with E-state index < -0.39 is 39.4 Å². The molecule has 2 rings (SSSR count). The van der Waals surface area contributed by atoms with Gasteiger partial charge in [0.25, 0.3) is 0 Å². The zero-order valence-electron chi connectivity index (χ0n) is 12.6. The van der Waals surface area contributed by atoms with Gasteiger partial charge in [0.1, 0.15) is 5.75 Å². The molecule has 1 saturated heterocycles. The first-order valence-electron chi connectivity index (χ1n) is 7.23. The fourth-order valence-corrected chi connectivity index (χ4v) is 4.13. The number of sulfone groups is 1. The van der Waals surface area contributed by atoms with Gasteiger partial charge in [0, 0.05) is 17.6 Å². The summed E-state index contributed by atoms with van der Waals surface area (Å²) in [6.07, 6.45) is 1.04. The minimum Gasteiger partial charge on any atom is -0.481 e. The van der Waals surface area contributed by atoms with Gasteiger partial charge in [0.05, 0.1) is 10.8 Å². The number of rotatable bonds is 4. The van der Waals surface area contributed by atoms with Crippen LogP contribution in [-0.2, 0) is 19.4 Å². The van der Waals surface area contributed by atoms with Crippen molar-refractivity contribution < 1.29 is 23.1 Å². The molecule has 0 bridgehead atoms. The highest BCUT2D eigenvalue weighted by Crippen LogP contribution is 2.25. The molecule has 1 amide bonds. The average Bonchev–Trinajstić information content (AvgIpc) is 2.47. The van der Waals surface area contributed by atoms with Crippen LogP contribution in [0.15, 0.2) is 29.2 Å². The number of halogens is 1. The molecule has 23 heavy (non-hydrogen) atoms. The molecule has 0 aromatic heterocycles. The molecule has 0 saturated carbocycles. The third kappa shape index (κ3) is 4.03. The normalized spacial score (nSPS) is 21.9. The number of carboxylic acid groups (broad SMARTS) is 1. The average molecular weight is 360 g/mol. The molecule has 1 heterocycles. The zero-order chi connectivity index (χ0) is 17.2. The summed E-state index contributed by atoms with van der Waals surface area (Å²) in [6, 6.07) is 5.08. The lowest BCUT2D eigenvalue weighted by Gasteiger charge is -2.37. The van der Waals surface area contributed by atoms with Crippen LogP contribution >= 0.6 is 11.6 Å². The highest BCUT2D eigenvalue weighted by Gasteiger charge is 2.36. The summed E-state index contributed by atoms with van der Waals surface area (Å²) in [5.74, 6) is -2.87. The smallest absolute Gasteiger partial charge is 0.308 e. The van der Waals surface area contributed by atoms with Crippen molar-refractivity contribution in [2.24, 2.45) is 5.92 Å². The second-order valence-electron chi connectivity index (χ2n) is 5.63. The SMILES string of the molecule is C[C@@H]1[C@H](C(=O)O)CCCN1C(=O)CS(=O)(=O)c1ccc(Cl)cc1. The Balaban J connectivity index is 2.14. The number of piperidine rings is 1. The fourth-order valence-electron chi connectivity index (χ4n) is 2.80. The van der Waals surface area contributed by atoms with E-state index in [1.165, 1.54) is 29.2 Å². The molecule has 1 aromatic rings. The predicted molar refractivity (Wildman–Crippen MR) is 85.0 cm³/mol. The maximum absolute atomic E-state index is 12.4. The topological polar surface area (TPSA) is 91.8 Å². The maximum atomic E-state index is 12.4. The molecule has 8 heteroatoms. The number of carbonyl (C=O) groups is 2. The lowest BCUT2D eigenvalue weighted by molar-refractivity contribution is -0.148. The summed E-state index contributed by atoms with van der Waals surface area (Å²) in [4.78, 5) is 24.9. The molecule has 1 N–H and O–H groups in total. The van der Waals surface area contributed by atoms with Gasteiger partial charge in [0.15, 0.2) is 9.84 Å². The van der Waals surface area contributed by atoms with E-state index in [2.05, 4.69) is 0 Å². The first-order chi connectivity index (χ1) is 10.7. The Bertz CT molecular complexity index is 701. The largest absolute Gasteiger partial charge is 0.481 e. The molecular formula is C15H18ClNO5S. The molecule has 126 valence electrons. The van der Waals surface area contributed by atoms with Gasteiger partial charge in [-0.15, -0.1) is 0 Å². The van der Waals surface area contributed by atoms with E-state index in [1.807, 2.05) is 0 Å². The van der Waals surface area contributed by atoms with E-state index in [0.717, 1.165) is 0 Å². The number of carbonyl (C=O) groups excluding carboxylic acids is 1. The third-order valence-corrected chi connectivity index (χ3v) is 5.98. The van der Waals surface area contributed by atoms with Crippen molar-refractivity contribution in [2.45, 2.75) is 30.7 Å². The van der Waals surface area contributed by atoms with Crippen LogP contribution in [0.25, 0.3) is 0 Å². The Labute approximate surface area is 140 Å². The highest BCUT2D eigenvalue weighted by molar-refractivity contribution is 7.92. The van der Waals surface area contributed by atoms with E-state index >= 15 is 0 Å². The highest BCUT2D eigenvalue weighted by atomic mass is 35.5. The number of hydrogen-bond donors (Lipinski definition) is 1. The first kappa shape index (κ1) is 17.7. The number of nitrogens with zero attached hydrogens (tertiary/aromatic N) is 1. The quantitative estimate of drug-likeness (QED) is 0.885. The van der Waals surface area contributed by atoms with Crippen LogP contribution in [0.4, 0.5) is 0 Å². The zero-order valence-corrected chi connectivity index (χ0v) is 14.2. The Morgan fingerprint density at radius 2 is 1.91 bits per heavy atom. The van der Waals surface area contributed by atoms with Crippen LogP contribution in [0.2, 0.25) is 5.02 Å². The van der Waals surface area contributed by atoms with Crippen LogP contribution in [0.3, 0.4) is 0 Å². The van der Waals surface area contributed by atoms with Crippen molar-refractivity contribution in [3.8, 4) is 0 Å². The molecule has 1 aliphatic rings. The second kappa shape index (κ2) is 6.88. The van der Waals surface area contributed by atoms with Gasteiger partial charge in [-0.3, -0.25) is 9.59 Å². The number of hydrogen-bond acceptors (Lipinski definition) is 4. The van der Waals surface area contributed by atoms with E-state index in [1.54, 1.807) is 6.92 Å². The van der Waals surface area contributed by atoms with Crippen molar-refractivity contribution in [2.75, 3.05) is 12.3 Å². The van der Waals surface area contributed by atoms with Crippen LogP contribution in [0.1, 0.15) is 19.8 Å². The molecule has 0 spiro atoms. The predicted octanol–water partition coefficient (Wildman–Crippen LogP) is 1.83. The summed E-state index contributed by atoms with van der Waals surface area (Å²) >= 11 is 5.73. The van der Waals surface area contributed by atoms with Crippen molar-refractivity contribution in [3.63, 3.8) is 0 Å². The summed E-state index contributed by atoms with van der Waals surface area (Å²) in [7, 11) is -3.78. The number of aliphatic carboxylic acids is 1. The van der Waals surface area contributed by atoms with Crippen molar-refractivity contribution in [3.05, 3.63) is 29.3 Å². The van der Waals surface area contributed by atoms with Crippen LogP contribution in [0, 0.1) is 5.92 Å². The van der Waals surface area contributed by atoms with Crippen molar-refractivity contribution >= 4 is 33.3 Å². The standard InChI is InChI=1S/C15H18ClNO5S/c1-10-13(15(19)20)3-2-8-17(10)14(18)9-23(21,22)12-6-4-11(16)5-7-12/h4-7,10,13H,2-3,8-9H2,1H3,(H,19,20)/t10-,13-/m1/s1. The minimum atomic E-state index is -3.78. The van der Waals surface area contributed by atoms with Crippen LogP contribution in [0.5, 0.6) is 0 Å². The third-order valence-electron chi connectivity index (χ3n) is 4.11. The molecule has 6 nitrogen and oxygen atoms in total. The van der Waals surface area contributed by atoms with Gasteiger partial charge in [-0.1, -0.05) is 11.6 Å². The fraction of sp³-hybridized carbons (Fsp3) is 0.467. The Kier molecular flexibility index (Phi) is 5.31. The molecule has 1 fully saturated rings. The number of amides is 1. The Morgan fingerprint density at radius 3 is 2.48 bits per heavy atom. The van der Waals surface area contributed by atoms with Crippen LogP contribution in [-0.4, -0.2) is 48.6 Å². The monoisotopic (exact) mass is 359 g/mol. The minimum absolute atomic E-state index is 0.0229. The molecule has 1 aromatic carbocycles. The van der Waals surface area contributed by atoms with E-state index in [9.17, 15) is 23.1 Å². The van der Waals surface area contributed by atoms with Crippen molar-refractivity contribution in [1.29, 1.82) is 0 Å². The first-order valence-corrected chi connectivity index (χ1v) is 9.26. The van der Waals surface area contributed by atoms with E-state index in [4.69, 9.17) is 11.6 Å². The second-order valence-corrected chi connectivity index (χ2v) is 8.05. The van der Waals surface area contributed by atoms with Gasteiger partial charge in [-0.05, 0) is 44.0 Å². The molecule has 2 atom stereocenters. The summed E-state index contributed by atoms with van der Waals surface area (Å²) in [5, 5.41) is 9.58. The molecular weight excluding hydrogens is 342 g/mol. The molecule has 1 aliphatic heterocycles. The molecule has 0 radical (unpaired) electrons. The summed E-state index contributed by atoms with van der Waals surface area (Å²) in [6.45, 7) is 2.02. The van der Waals surface area contributed by atoms with Gasteiger partial charge in [-0.25, -0.2) is 8.42 Å². The molecule has 0 unspecified atom stereocenters. The lowest BCUT2D eigenvalue weighted by atomic mass is 9.90. The van der Waals surface area contributed by atoms with E-state index in [0.29, 0.717) is 24.4 Å². The summed E-state index contributed by atoms with van der Waals surface area (Å²) < 4.78 is 24.6. The van der Waals surface area contributed by atoms with Gasteiger partial charge < -0.3 is 10.0 Å². The summed E-state index contributed by atoms with van der Waals surface area (Å²) in [5.41, 5.74) is 0. The molecule has 0 aliphatic carbocycles.